The average Bonchev–Trinajstić information content (AvgIpc) is 1.65. The predicted octanol–water partition coefficient (Wildman–Crippen LogP) is 2.05. The molecule has 0 fully saturated rings. The molecule has 0 saturated carbocycles. The van der Waals surface area contributed by atoms with Crippen LogP contribution in [0.5, 0.6) is 0 Å². The summed E-state index contributed by atoms with van der Waals surface area (Å²) in [4.78, 5) is 0. The molecule has 0 saturated heterocycles. The predicted molar refractivity (Wildman–Crippen MR) is 25.1 cm³/mol. The summed E-state index contributed by atoms with van der Waals surface area (Å²) in [6, 6.07) is 0. The molecule has 0 amide bonds. The van der Waals surface area contributed by atoms with Crippen molar-refractivity contribution >= 4 is 0 Å². The van der Waals surface area contributed by atoms with Gasteiger partial charge in [0.1, 0.15) is 5.83 Å². The molecule has 0 aromatic heterocycles. The summed E-state index contributed by atoms with van der Waals surface area (Å²) in [7, 11) is 0. The summed E-state index contributed by atoms with van der Waals surface area (Å²) in [5.41, 5.74) is 0. The summed E-state index contributed by atoms with van der Waals surface area (Å²) >= 11 is 0. The Hall–Kier alpha value is -0.590. The van der Waals surface area contributed by atoms with Gasteiger partial charge in [-0.25, -0.2) is 4.39 Å². The van der Waals surface area contributed by atoms with E-state index in [0.29, 0.717) is 0 Å². The summed E-state index contributed by atoms with van der Waals surface area (Å²) in [6.45, 7) is 4.81. The van der Waals surface area contributed by atoms with Crippen LogP contribution in [0.4, 0.5) is 4.39 Å². The Morgan fingerprint density at radius 3 is 2.33 bits per heavy atom. The Bertz CT molecular complexity index is 72.0. The Morgan fingerprint density at radius 1 is 1.83 bits per heavy atom. The molecule has 0 aliphatic rings. The normalized spacial score (nSPS) is 11.3. The standard InChI is InChI=1S/C5H7F/c1-3-5(6)4-2/h3-4H,1H2,2H3/b5-4+. The van der Waals surface area contributed by atoms with Gasteiger partial charge in [0, 0.05) is 0 Å². The lowest BCUT2D eigenvalue weighted by Crippen LogP contribution is -1.53. The highest BCUT2D eigenvalue weighted by molar-refractivity contribution is 5.04. The fourth-order valence-electron chi connectivity index (χ4n) is 0.118. The van der Waals surface area contributed by atoms with E-state index in [0.717, 1.165) is 0 Å². The Morgan fingerprint density at radius 2 is 2.33 bits per heavy atom. The zero-order valence-electron chi connectivity index (χ0n) is 3.74. The first kappa shape index (κ1) is 5.41. The first-order chi connectivity index (χ1) is 2.81. The van der Waals surface area contributed by atoms with Crippen molar-refractivity contribution in [3.8, 4) is 0 Å². The maximum absolute atomic E-state index is 11.6. The number of halogens is 1. The van der Waals surface area contributed by atoms with E-state index in [4.69, 9.17) is 0 Å². The fourth-order valence-corrected chi connectivity index (χ4v) is 0.118. The van der Waals surface area contributed by atoms with Crippen LogP contribution in [-0.4, -0.2) is 0 Å². The highest BCUT2D eigenvalue weighted by atomic mass is 19.1. The number of hydrogen-bond acceptors (Lipinski definition) is 0. The molecule has 6 heavy (non-hydrogen) atoms. The summed E-state index contributed by atoms with van der Waals surface area (Å²) in [6.07, 6.45) is 2.52. The van der Waals surface area contributed by atoms with E-state index in [1.165, 1.54) is 12.2 Å². The fraction of sp³-hybridized carbons (Fsp3) is 0.200. The van der Waals surface area contributed by atoms with Crippen LogP contribution in [0.3, 0.4) is 0 Å². The molecule has 34 valence electrons. The van der Waals surface area contributed by atoms with E-state index < -0.39 is 0 Å². The smallest absolute Gasteiger partial charge is 0.118 e. The number of allylic oxidation sites excluding steroid dienone is 3. The summed E-state index contributed by atoms with van der Waals surface area (Å²) < 4.78 is 11.6. The van der Waals surface area contributed by atoms with E-state index >= 15 is 0 Å². The third-order valence-electron chi connectivity index (χ3n) is 0.471. The monoisotopic (exact) mass is 86.1 g/mol. The quantitative estimate of drug-likeness (QED) is 0.428. The molecule has 0 spiro atoms. The third-order valence-corrected chi connectivity index (χ3v) is 0.471. The van der Waals surface area contributed by atoms with Crippen LogP contribution in [0.1, 0.15) is 6.92 Å². The van der Waals surface area contributed by atoms with Crippen LogP contribution in [0.15, 0.2) is 24.6 Å². The topological polar surface area (TPSA) is 0 Å². The SMILES string of the molecule is C=C/C(F)=C\C. The van der Waals surface area contributed by atoms with Gasteiger partial charge in [-0.2, -0.15) is 0 Å². The number of rotatable bonds is 1. The van der Waals surface area contributed by atoms with E-state index in [1.54, 1.807) is 6.92 Å². The highest BCUT2D eigenvalue weighted by Gasteiger charge is 1.73. The molecule has 0 N–H and O–H groups in total. The van der Waals surface area contributed by atoms with Gasteiger partial charge in [0.2, 0.25) is 0 Å². The van der Waals surface area contributed by atoms with Crippen molar-refractivity contribution in [2.45, 2.75) is 6.92 Å². The third kappa shape index (κ3) is 1.70. The summed E-state index contributed by atoms with van der Waals surface area (Å²) in [5.74, 6) is -0.269. The van der Waals surface area contributed by atoms with Gasteiger partial charge in [-0.3, -0.25) is 0 Å². The number of hydrogen-bond donors (Lipinski definition) is 0. The average molecular weight is 86.1 g/mol. The zero-order valence-corrected chi connectivity index (χ0v) is 3.74. The van der Waals surface area contributed by atoms with Crippen molar-refractivity contribution < 1.29 is 4.39 Å². The Labute approximate surface area is 37.0 Å². The van der Waals surface area contributed by atoms with Gasteiger partial charge in [0.25, 0.3) is 0 Å². The van der Waals surface area contributed by atoms with Gasteiger partial charge in [-0.15, -0.1) is 0 Å². The van der Waals surface area contributed by atoms with E-state index in [9.17, 15) is 4.39 Å². The molecular weight excluding hydrogens is 79.1 g/mol. The van der Waals surface area contributed by atoms with Gasteiger partial charge in [0.15, 0.2) is 0 Å². The molecule has 0 aromatic carbocycles. The maximum atomic E-state index is 11.6. The van der Waals surface area contributed by atoms with E-state index in [2.05, 4.69) is 6.58 Å². The van der Waals surface area contributed by atoms with Gasteiger partial charge in [-0.05, 0) is 13.0 Å². The minimum atomic E-state index is -0.269. The van der Waals surface area contributed by atoms with Gasteiger partial charge < -0.3 is 0 Å². The highest BCUT2D eigenvalue weighted by Crippen LogP contribution is 1.92. The molecule has 0 atom stereocenters. The molecule has 0 heterocycles. The van der Waals surface area contributed by atoms with E-state index in [-0.39, 0.29) is 5.83 Å². The molecular formula is C5H7F. The first-order valence-electron chi connectivity index (χ1n) is 1.75. The molecule has 0 radical (unpaired) electrons. The molecule has 0 rings (SSSR count). The second kappa shape index (κ2) is 2.64. The molecule has 0 nitrogen and oxygen atoms in total. The lowest BCUT2D eigenvalue weighted by molar-refractivity contribution is 0.665. The van der Waals surface area contributed by atoms with Crippen LogP contribution in [0, 0.1) is 0 Å². The van der Waals surface area contributed by atoms with Crippen molar-refractivity contribution in [3.63, 3.8) is 0 Å². The van der Waals surface area contributed by atoms with Crippen molar-refractivity contribution in [2.24, 2.45) is 0 Å². The maximum Gasteiger partial charge on any atom is 0.118 e. The molecule has 0 aliphatic carbocycles. The van der Waals surface area contributed by atoms with Crippen molar-refractivity contribution in [1.29, 1.82) is 0 Å². The minimum absolute atomic E-state index is 0.269. The van der Waals surface area contributed by atoms with Gasteiger partial charge >= 0.3 is 0 Å². The zero-order chi connectivity index (χ0) is 4.99. The van der Waals surface area contributed by atoms with E-state index in [1.807, 2.05) is 0 Å². The lowest BCUT2D eigenvalue weighted by Gasteiger charge is -1.72. The molecule has 0 unspecified atom stereocenters. The second-order valence-corrected chi connectivity index (χ2v) is 0.878. The van der Waals surface area contributed by atoms with Crippen LogP contribution in [-0.2, 0) is 0 Å². The molecule has 0 aromatic rings. The van der Waals surface area contributed by atoms with Crippen LogP contribution in [0.25, 0.3) is 0 Å². The molecule has 1 heteroatoms. The molecule has 0 aliphatic heterocycles. The Kier molecular flexibility index (Phi) is 2.38. The van der Waals surface area contributed by atoms with Gasteiger partial charge in [-0.1, -0.05) is 12.7 Å². The Balaban J connectivity index is 3.50. The van der Waals surface area contributed by atoms with Gasteiger partial charge in [0.05, 0.1) is 0 Å². The minimum Gasteiger partial charge on any atom is -0.207 e. The largest absolute Gasteiger partial charge is 0.207 e. The van der Waals surface area contributed by atoms with Crippen molar-refractivity contribution in [1.82, 2.24) is 0 Å². The second-order valence-electron chi connectivity index (χ2n) is 0.878. The molecule has 0 bridgehead atoms. The lowest BCUT2D eigenvalue weighted by atomic mass is 10.5. The summed E-state index contributed by atoms with van der Waals surface area (Å²) in [5, 5.41) is 0. The first-order valence-corrected chi connectivity index (χ1v) is 1.75. The van der Waals surface area contributed by atoms with Crippen molar-refractivity contribution in [3.05, 3.63) is 24.6 Å². The van der Waals surface area contributed by atoms with Crippen LogP contribution in [0.2, 0.25) is 0 Å². The van der Waals surface area contributed by atoms with Crippen LogP contribution >= 0.6 is 0 Å². The van der Waals surface area contributed by atoms with Crippen molar-refractivity contribution in [2.75, 3.05) is 0 Å². The van der Waals surface area contributed by atoms with Crippen LogP contribution < -0.4 is 0 Å².